The van der Waals surface area contributed by atoms with E-state index in [1.54, 1.807) is 48.5 Å². The molecule has 2 unspecified atom stereocenters. The van der Waals surface area contributed by atoms with E-state index in [4.69, 9.17) is 23.2 Å². The van der Waals surface area contributed by atoms with E-state index in [0.29, 0.717) is 16.3 Å². The first-order valence-electron chi connectivity index (χ1n) is 9.07. The molecule has 2 aromatic carbocycles. The monoisotopic (exact) mass is 532 g/mol. The van der Waals surface area contributed by atoms with Crippen LogP contribution in [0.15, 0.2) is 53.0 Å². The van der Waals surface area contributed by atoms with E-state index in [1.165, 1.54) is 0 Å². The topological polar surface area (TPSA) is 59.0 Å². The maximum atomic E-state index is 13.8. The standard InChI is InChI=1S/C20H14BrCl2F3N4O/c21-11-3-1-10(2-4-11)14-9-15(20(24,25)26)30-18(28-14)16(23)17(29-30)19(31)27-13-7-5-12(22)6-8-13/h1-8,14-15,28H,9H2,(H,27,31). The van der Waals surface area contributed by atoms with Crippen LogP contribution < -0.4 is 10.6 Å². The Morgan fingerprint density at radius 1 is 1.13 bits per heavy atom. The lowest BCUT2D eigenvalue weighted by Crippen LogP contribution is -2.35. The first-order valence-corrected chi connectivity index (χ1v) is 10.6. The number of benzene rings is 2. The number of halogens is 6. The van der Waals surface area contributed by atoms with Crippen molar-refractivity contribution in [2.45, 2.75) is 24.7 Å². The van der Waals surface area contributed by atoms with Crippen LogP contribution in [-0.2, 0) is 0 Å². The van der Waals surface area contributed by atoms with Gasteiger partial charge in [0, 0.05) is 21.6 Å². The Labute approximate surface area is 193 Å². The molecule has 0 radical (unpaired) electrons. The maximum absolute atomic E-state index is 13.8. The van der Waals surface area contributed by atoms with Gasteiger partial charge in [-0.05, 0) is 42.0 Å². The summed E-state index contributed by atoms with van der Waals surface area (Å²) in [5.74, 6) is -0.776. The third-order valence-electron chi connectivity index (χ3n) is 4.89. The summed E-state index contributed by atoms with van der Waals surface area (Å²) in [6.07, 6.45) is -4.88. The smallest absolute Gasteiger partial charge is 0.362 e. The van der Waals surface area contributed by atoms with Gasteiger partial charge in [0.1, 0.15) is 10.8 Å². The highest BCUT2D eigenvalue weighted by Gasteiger charge is 2.47. The lowest BCUT2D eigenvalue weighted by molar-refractivity contribution is -0.173. The van der Waals surface area contributed by atoms with E-state index in [2.05, 4.69) is 31.7 Å². The maximum Gasteiger partial charge on any atom is 0.410 e. The summed E-state index contributed by atoms with van der Waals surface area (Å²) in [4.78, 5) is 12.7. The van der Waals surface area contributed by atoms with Crippen molar-refractivity contribution in [1.29, 1.82) is 0 Å². The van der Waals surface area contributed by atoms with Crippen molar-refractivity contribution in [1.82, 2.24) is 9.78 Å². The molecule has 1 amide bonds. The van der Waals surface area contributed by atoms with Gasteiger partial charge in [-0.25, -0.2) is 4.68 Å². The zero-order valence-corrected chi connectivity index (χ0v) is 18.6. The number of hydrogen-bond donors (Lipinski definition) is 2. The van der Waals surface area contributed by atoms with Crippen LogP contribution in [0.1, 0.15) is 34.6 Å². The highest BCUT2D eigenvalue weighted by Crippen LogP contribution is 2.46. The zero-order valence-electron chi connectivity index (χ0n) is 15.6. The fourth-order valence-electron chi connectivity index (χ4n) is 3.37. The number of amides is 1. The van der Waals surface area contributed by atoms with Gasteiger partial charge >= 0.3 is 6.18 Å². The third-order valence-corrected chi connectivity index (χ3v) is 6.02. The molecule has 0 fully saturated rings. The number of hydrogen-bond acceptors (Lipinski definition) is 3. The van der Waals surface area contributed by atoms with Crippen molar-refractivity contribution in [2.24, 2.45) is 0 Å². The minimum absolute atomic E-state index is 0.0515. The van der Waals surface area contributed by atoms with Gasteiger partial charge in [-0.2, -0.15) is 18.3 Å². The molecule has 2 heterocycles. The van der Waals surface area contributed by atoms with Crippen LogP contribution in [0.2, 0.25) is 10.0 Å². The van der Waals surface area contributed by atoms with Crippen LogP contribution in [-0.4, -0.2) is 21.9 Å². The second-order valence-corrected chi connectivity index (χ2v) is 8.69. The molecule has 5 nitrogen and oxygen atoms in total. The van der Waals surface area contributed by atoms with Crippen molar-refractivity contribution >= 4 is 56.5 Å². The quantitative estimate of drug-likeness (QED) is 0.386. The molecule has 4 rings (SSSR count). The average molecular weight is 534 g/mol. The first-order chi connectivity index (χ1) is 14.6. The molecule has 0 saturated heterocycles. The minimum atomic E-state index is -4.58. The molecule has 31 heavy (non-hydrogen) atoms. The number of rotatable bonds is 3. The van der Waals surface area contributed by atoms with Crippen LogP contribution in [0.4, 0.5) is 24.7 Å². The Morgan fingerprint density at radius 2 is 1.77 bits per heavy atom. The molecule has 2 atom stereocenters. The van der Waals surface area contributed by atoms with Crippen LogP contribution in [0.5, 0.6) is 0 Å². The predicted octanol–water partition coefficient (Wildman–Crippen LogP) is 6.87. The summed E-state index contributed by atoms with van der Waals surface area (Å²) in [6.45, 7) is 0. The van der Waals surface area contributed by atoms with Crippen molar-refractivity contribution < 1.29 is 18.0 Å². The lowest BCUT2D eigenvalue weighted by Gasteiger charge is -2.33. The average Bonchev–Trinajstić information content (AvgIpc) is 3.05. The largest absolute Gasteiger partial charge is 0.410 e. The molecular weight excluding hydrogens is 520 g/mol. The zero-order chi connectivity index (χ0) is 22.3. The fraction of sp³-hybridized carbons (Fsp3) is 0.200. The van der Waals surface area contributed by atoms with E-state index >= 15 is 0 Å². The fourth-order valence-corrected chi connectivity index (χ4v) is 4.03. The number of fused-ring (bicyclic) bond motifs is 1. The number of carbonyl (C=O) groups is 1. The highest BCUT2D eigenvalue weighted by molar-refractivity contribution is 9.10. The molecule has 0 aliphatic carbocycles. The molecule has 0 saturated carbocycles. The summed E-state index contributed by atoms with van der Waals surface area (Å²) in [5, 5.41) is 9.78. The van der Waals surface area contributed by atoms with Gasteiger partial charge in [-0.1, -0.05) is 51.3 Å². The number of alkyl halides is 3. The van der Waals surface area contributed by atoms with Gasteiger partial charge < -0.3 is 10.6 Å². The molecule has 2 N–H and O–H groups in total. The Morgan fingerprint density at radius 3 is 2.39 bits per heavy atom. The van der Waals surface area contributed by atoms with Gasteiger partial charge in [-0.15, -0.1) is 0 Å². The molecule has 1 aromatic heterocycles. The van der Waals surface area contributed by atoms with Crippen LogP contribution in [0, 0.1) is 0 Å². The lowest BCUT2D eigenvalue weighted by atomic mass is 9.97. The third kappa shape index (κ3) is 4.53. The van der Waals surface area contributed by atoms with E-state index in [0.717, 1.165) is 9.15 Å². The van der Waals surface area contributed by atoms with Crippen LogP contribution in [0.3, 0.4) is 0 Å². The van der Waals surface area contributed by atoms with Gasteiger partial charge in [0.15, 0.2) is 11.7 Å². The number of anilines is 2. The number of aromatic nitrogens is 2. The molecular formula is C20H14BrCl2F3N4O. The predicted molar refractivity (Wildman–Crippen MR) is 117 cm³/mol. The normalized spacial score (nSPS) is 18.3. The van der Waals surface area contributed by atoms with E-state index in [1.807, 2.05) is 0 Å². The van der Waals surface area contributed by atoms with Crippen LogP contribution in [0.25, 0.3) is 0 Å². The summed E-state index contributed by atoms with van der Waals surface area (Å²) in [5.41, 5.74) is 0.766. The molecule has 0 spiro atoms. The Kier molecular flexibility index (Phi) is 5.93. The van der Waals surface area contributed by atoms with Gasteiger partial charge in [-0.3, -0.25) is 4.79 Å². The second-order valence-electron chi connectivity index (χ2n) is 6.96. The van der Waals surface area contributed by atoms with E-state index in [9.17, 15) is 18.0 Å². The van der Waals surface area contributed by atoms with Crippen molar-refractivity contribution in [3.8, 4) is 0 Å². The molecule has 0 bridgehead atoms. The Balaban J connectivity index is 1.69. The SMILES string of the molecule is O=C(Nc1ccc(Cl)cc1)c1nn2c(c1Cl)NC(c1ccc(Br)cc1)CC2C(F)(F)F. The minimum Gasteiger partial charge on any atom is -0.362 e. The molecule has 1 aliphatic rings. The number of nitrogens with one attached hydrogen (secondary N) is 2. The van der Waals surface area contributed by atoms with E-state index in [-0.39, 0.29) is 23.0 Å². The summed E-state index contributed by atoms with van der Waals surface area (Å²) >= 11 is 15.5. The van der Waals surface area contributed by atoms with Crippen molar-refractivity contribution in [3.05, 3.63) is 74.3 Å². The first kappa shape index (κ1) is 22.0. The molecule has 11 heteroatoms. The summed E-state index contributed by atoms with van der Waals surface area (Å²) in [7, 11) is 0. The van der Waals surface area contributed by atoms with Gasteiger partial charge in [0.25, 0.3) is 5.91 Å². The Hall–Kier alpha value is -2.23. The molecule has 3 aromatic rings. The number of nitrogens with zero attached hydrogens (tertiary/aromatic N) is 2. The van der Waals surface area contributed by atoms with Crippen molar-refractivity contribution in [2.75, 3.05) is 10.6 Å². The van der Waals surface area contributed by atoms with Gasteiger partial charge in [0.2, 0.25) is 0 Å². The summed E-state index contributed by atoms with van der Waals surface area (Å²) < 4.78 is 43.1. The number of carbonyl (C=O) groups excluding carboxylic acids is 1. The second kappa shape index (κ2) is 8.37. The molecule has 162 valence electrons. The molecule has 1 aliphatic heterocycles. The van der Waals surface area contributed by atoms with Crippen LogP contribution >= 0.6 is 39.1 Å². The van der Waals surface area contributed by atoms with Gasteiger partial charge in [0.05, 0.1) is 6.04 Å². The highest BCUT2D eigenvalue weighted by atomic mass is 79.9. The van der Waals surface area contributed by atoms with E-state index < -0.39 is 24.2 Å². The Bertz CT molecular complexity index is 1120. The summed E-state index contributed by atoms with van der Waals surface area (Å²) in [6, 6.07) is 10.6. The van der Waals surface area contributed by atoms with Crippen molar-refractivity contribution in [3.63, 3.8) is 0 Å².